The number of rotatable bonds is 49. The van der Waals surface area contributed by atoms with Crippen LogP contribution in [0.25, 0.3) is 0 Å². The molecule has 0 aromatic heterocycles. The molecule has 12 nitrogen and oxygen atoms in total. The Balaban J connectivity index is 2.76. The minimum Gasteiger partial charge on any atom is -0.479 e. The van der Waals surface area contributed by atoms with Gasteiger partial charge in [-0.3, -0.25) is 14.4 Å². The number of aliphatic carboxylic acids is 1. The topological polar surface area (TPSA) is 175 Å². The van der Waals surface area contributed by atoms with Crippen molar-refractivity contribution in [3.05, 3.63) is 158 Å². The number of aliphatic hydroxyl groups is 2. The van der Waals surface area contributed by atoms with E-state index in [2.05, 4.69) is 161 Å². The van der Waals surface area contributed by atoms with Crippen LogP contribution in [0.2, 0.25) is 0 Å². The van der Waals surface area contributed by atoms with E-state index in [9.17, 15) is 34.5 Å². The zero-order valence-corrected chi connectivity index (χ0v) is 49.7. The second kappa shape index (κ2) is 54.9. The first kappa shape index (κ1) is 73.4. The number of hydrogen-bond donors (Lipinski definition) is 3. The molecule has 1 fully saturated rings. The number of aliphatic hydroxyl groups excluding tert-OH is 2. The Kier molecular flexibility index (Phi) is 49.7. The van der Waals surface area contributed by atoms with E-state index in [0.717, 1.165) is 135 Å². The lowest BCUT2D eigenvalue weighted by Crippen LogP contribution is -2.61. The molecule has 0 spiro atoms. The fourth-order valence-electron chi connectivity index (χ4n) is 8.04. The van der Waals surface area contributed by atoms with Gasteiger partial charge in [0.15, 0.2) is 24.6 Å². The van der Waals surface area contributed by atoms with E-state index in [4.69, 9.17) is 23.7 Å². The van der Waals surface area contributed by atoms with Gasteiger partial charge in [-0.25, -0.2) is 4.79 Å². The first-order valence-electron chi connectivity index (χ1n) is 30.5. The van der Waals surface area contributed by atoms with E-state index < -0.39 is 67.3 Å². The van der Waals surface area contributed by atoms with Crippen LogP contribution in [-0.4, -0.2) is 89.2 Å². The summed E-state index contributed by atoms with van der Waals surface area (Å²) in [5.41, 5.74) is 0. The summed E-state index contributed by atoms with van der Waals surface area (Å²) in [6, 6.07) is 0. The fourth-order valence-corrected chi connectivity index (χ4v) is 8.04. The number of carbonyl (C=O) groups is 4. The largest absolute Gasteiger partial charge is 0.479 e. The van der Waals surface area contributed by atoms with E-state index in [1.807, 2.05) is 18.2 Å². The Morgan fingerprint density at radius 2 is 0.765 bits per heavy atom. The Labute approximate surface area is 488 Å². The normalized spacial score (nSPS) is 18.9. The van der Waals surface area contributed by atoms with Gasteiger partial charge in [0.05, 0.1) is 6.61 Å². The lowest BCUT2D eigenvalue weighted by molar-refractivity contribution is -0.301. The number of allylic oxidation sites excluding steroid dienone is 26. The summed E-state index contributed by atoms with van der Waals surface area (Å²) >= 11 is 0. The molecule has 1 aliphatic heterocycles. The van der Waals surface area contributed by atoms with Gasteiger partial charge in [-0.15, -0.1) is 0 Å². The molecule has 1 heterocycles. The molecule has 6 unspecified atom stereocenters. The summed E-state index contributed by atoms with van der Waals surface area (Å²) in [5, 5.41) is 31.5. The van der Waals surface area contributed by atoms with Crippen molar-refractivity contribution in [3.8, 4) is 0 Å². The van der Waals surface area contributed by atoms with E-state index in [0.29, 0.717) is 25.7 Å². The van der Waals surface area contributed by atoms with E-state index in [1.54, 1.807) is 0 Å². The van der Waals surface area contributed by atoms with Gasteiger partial charge in [-0.1, -0.05) is 211 Å². The Morgan fingerprint density at radius 1 is 0.407 bits per heavy atom. The first-order chi connectivity index (χ1) is 39.6. The summed E-state index contributed by atoms with van der Waals surface area (Å²) in [6.07, 6.45) is 67.9. The third-order valence-corrected chi connectivity index (χ3v) is 12.6. The molecule has 81 heavy (non-hydrogen) atoms. The van der Waals surface area contributed by atoms with Gasteiger partial charge in [0.25, 0.3) is 0 Å². The van der Waals surface area contributed by atoms with Gasteiger partial charge in [-0.05, 0) is 128 Å². The van der Waals surface area contributed by atoms with Crippen LogP contribution < -0.4 is 0 Å². The molecule has 6 atom stereocenters. The van der Waals surface area contributed by atoms with Crippen LogP contribution in [0.15, 0.2) is 158 Å². The Morgan fingerprint density at radius 3 is 1.19 bits per heavy atom. The average Bonchev–Trinajstić information content (AvgIpc) is 3.46. The zero-order valence-electron chi connectivity index (χ0n) is 49.7. The van der Waals surface area contributed by atoms with E-state index in [-0.39, 0.29) is 25.9 Å². The van der Waals surface area contributed by atoms with Crippen molar-refractivity contribution < 1.29 is 58.2 Å². The summed E-state index contributed by atoms with van der Waals surface area (Å²) in [7, 11) is 0. The van der Waals surface area contributed by atoms with Crippen molar-refractivity contribution in [2.75, 3.05) is 13.2 Å². The third-order valence-electron chi connectivity index (χ3n) is 12.6. The van der Waals surface area contributed by atoms with Crippen LogP contribution in [-0.2, 0) is 42.9 Å². The molecule has 0 aliphatic carbocycles. The van der Waals surface area contributed by atoms with Gasteiger partial charge in [0.1, 0.15) is 18.8 Å². The monoisotopic (exact) mass is 1120 g/mol. The van der Waals surface area contributed by atoms with Gasteiger partial charge >= 0.3 is 23.9 Å². The highest BCUT2D eigenvalue weighted by Gasteiger charge is 2.50. The number of carboxylic acid groups (broad SMARTS) is 1. The maximum Gasteiger partial charge on any atom is 0.335 e. The fraction of sp³-hybridized carbons (Fsp3) is 0.565. The Bertz CT molecular complexity index is 2010. The maximum atomic E-state index is 13.2. The molecule has 0 aromatic rings. The van der Waals surface area contributed by atoms with Crippen molar-refractivity contribution in [2.45, 2.75) is 237 Å². The predicted molar refractivity (Wildman–Crippen MR) is 330 cm³/mol. The molecule has 0 radical (unpaired) electrons. The van der Waals surface area contributed by atoms with Crippen LogP contribution in [0.4, 0.5) is 0 Å². The van der Waals surface area contributed by atoms with Crippen molar-refractivity contribution in [2.24, 2.45) is 0 Å². The highest BCUT2D eigenvalue weighted by atomic mass is 16.7. The third kappa shape index (κ3) is 44.7. The number of ether oxygens (including phenoxy) is 5. The number of esters is 3. The van der Waals surface area contributed by atoms with Crippen LogP contribution >= 0.6 is 0 Å². The quantitative estimate of drug-likeness (QED) is 0.0228. The van der Waals surface area contributed by atoms with Crippen LogP contribution in [0, 0.1) is 0 Å². The molecule has 12 heteroatoms. The van der Waals surface area contributed by atoms with Gasteiger partial charge in [0.2, 0.25) is 0 Å². The molecule has 0 bridgehead atoms. The predicted octanol–water partition coefficient (Wildman–Crippen LogP) is 16.1. The summed E-state index contributed by atoms with van der Waals surface area (Å²) < 4.78 is 28.3. The van der Waals surface area contributed by atoms with Crippen molar-refractivity contribution in [1.29, 1.82) is 0 Å². The first-order valence-corrected chi connectivity index (χ1v) is 30.5. The molecular formula is C69H104O12. The van der Waals surface area contributed by atoms with Crippen molar-refractivity contribution >= 4 is 23.9 Å². The highest BCUT2D eigenvalue weighted by molar-refractivity contribution is 5.74. The van der Waals surface area contributed by atoms with Gasteiger partial charge in [0, 0.05) is 19.3 Å². The van der Waals surface area contributed by atoms with Crippen molar-refractivity contribution in [1.82, 2.24) is 0 Å². The zero-order chi connectivity index (χ0) is 58.9. The maximum absolute atomic E-state index is 13.2. The van der Waals surface area contributed by atoms with E-state index in [1.165, 1.54) is 0 Å². The molecule has 0 aromatic carbocycles. The molecule has 3 N–H and O–H groups in total. The molecule has 1 rings (SSSR count). The van der Waals surface area contributed by atoms with Crippen molar-refractivity contribution in [3.63, 3.8) is 0 Å². The van der Waals surface area contributed by atoms with E-state index >= 15 is 0 Å². The number of hydrogen-bond acceptors (Lipinski definition) is 11. The summed E-state index contributed by atoms with van der Waals surface area (Å²) in [4.78, 5) is 51.2. The molecule has 0 saturated carbocycles. The Hall–Kier alpha value is -5.66. The smallest absolute Gasteiger partial charge is 0.335 e. The standard InChI is InChI=1S/C69H104O12/c1-4-7-10-13-16-19-22-25-27-29-31-33-35-38-40-43-46-49-52-55-61(70)77-58-60(79-62(71)56-53-50-47-44-42-39-36-34-32-30-28-26-23-20-17-14-11-8-5-2)59-78-69-67(65(74)64(73)66(81-69)68(75)76)80-63(72)57-54-51-48-45-41-37-24-21-18-15-12-9-6-3/h7-12,16-21,25-28,31-34,37-38,40-41,48,51,60,64-67,69,73-74H,4-6,13-15,22-24,29-30,35-36,39,42-47,49-50,52-59H2,1-3H3,(H,75,76)/b10-7-,11-8-,12-9-,19-16-,20-17-,21-18-,27-25-,28-26-,33-31-,34-32-,40-38-,41-37-,51-48-. The van der Waals surface area contributed by atoms with Gasteiger partial charge in [-0.2, -0.15) is 0 Å². The minimum atomic E-state index is -1.94. The summed E-state index contributed by atoms with van der Waals surface area (Å²) in [5.74, 6) is -3.32. The van der Waals surface area contributed by atoms with Crippen LogP contribution in [0.3, 0.4) is 0 Å². The minimum absolute atomic E-state index is 0.0752. The number of carbonyl (C=O) groups excluding carboxylic acids is 3. The van der Waals surface area contributed by atoms with Crippen LogP contribution in [0.5, 0.6) is 0 Å². The van der Waals surface area contributed by atoms with Gasteiger partial charge < -0.3 is 39.0 Å². The second-order valence-electron chi connectivity index (χ2n) is 19.8. The van der Waals surface area contributed by atoms with Crippen LogP contribution in [0.1, 0.15) is 201 Å². The average molecular weight is 1130 g/mol. The molecule has 0 amide bonds. The highest BCUT2D eigenvalue weighted by Crippen LogP contribution is 2.26. The molecular weight excluding hydrogens is 1020 g/mol. The summed E-state index contributed by atoms with van der Waals surface area (Å²) in [6.45, 7) is 5.56. The molecule has 452 valence electrons. The number of carboxylic acids is 1. The molecule has 1 aliphatic rings. The number of unbranched alkanes of at least 4 members (excludes halogenated alkanes) is 9. The lowest BCUT2D eigenvalue weighted by Gasteiger charge is -2.40. The SMILES string of the molecule is CC/C=C\C/C=C\C/C=C\C/C=C\C/C=C\CCCCCC(=O)OCC(COC1OC(C(=O)O)C(O)C(O)C1OC(=O)CC/C=C\C/C=C\C/C=C\C/C=C\CC)OC(=O)CCCCCCCC/C=C\C/C=C\C/C=C\C/C=C\CC. The lowest BCUT2D eigenvalue weighted by atomic mass is 9.98. The second-order valence-corrected chi connectivity index (χ2v) is 19.8. The molecule has 1 saturated heterocycles.